The molecule has 0 heterocycles. The molecule has 0 saturated heterocycles. The molecule has 0 radical (unpaired) electrons. The molecule has 4 nitrogen and oxygen atoms in total. The van der Waals surface area contributed by atoms with Crippen LogP contribution in [-0.2, 0) is 9.47 Å². The Hall–Kier alpha value is -1.17. The zero-order valence-electron chi connectivity index (χ0n) is 12.8. The van der Waals surface area contributed by atoms with Crippen molar-refractivity contribution >= 4 is 17.2 Å². The highest BCUT2D eigenvalue weighted by molar-refractivity contribution is 7.80. The largest absolute Gasteiger partial charge is 0.493 e. The summed E-state index contributed by atoms with van der Waals surface area (Å²) in [6, 6.07) is 7.52. The van der Waals surface area contributed by atoms with E-state index in [1.807, 2.05) is 24.3 Å². The van der Waals surface area contributed by atoms with Crippen molar-refractivity contribution in [3.63, 3.8) is 0 Å². The molecule has 1 rings (SSSR count). The van der Waals surface area contributed by atoms with E-state index in [1.165, 1.54) is 0 Å². The van der Waals surface area contributed by atoms with Crippen LogP contribution in [0.15, 0.2) is 24.3 Å². The first-order valence-corrected chi connectivity index (χ1v) is 7.69. The van der Waals surface area contributed by atoms with Gasteiger partial charge in [0, 0.05) is 19.6 Å². The lowest BCUT2D eigenvalue weighted by Gasteiger charge is -2.11. The standard InChI is InChI=1S/C16H25NO3S/c1-13(2)12-19-11-10-18-8-5-9-20-15-7-4-3-6-14(15)16(17)21/h3-4,6-7,13H,5,8-12H2,1-2H3,(H2,17,21). The van der Waals surface area contributed by atoms with Crippen molar-refractivity contribution in [2.75, 3.05) is 33.0 Å². The van der Waals surface area contributed by atoms with E-state index in [2.05, 4.69) is 13.8 Å². The zero-order chi connectivity index (χ0) is 15.5. The lowest BCUT2D eigenvalue weighted by atomic mass is 10.2. The lowest BCUT2D eigenvalue weighted by Crippen LogP contribution is -2.13. The van der Waals surface area contributed by atoms with Gasteiger partial charge in [0.2, 0.25) is 0 Å². The molecule has 21 heavy (non-hydrogen) atoms. The van der Waals surface area contributed by atoms with E-state index in [0.717, 1.165) is 24.3 Å². The molecule has 5 heteroatoms. The number of rotatable bonds is 11. The molecule has 0 unspecified atom stereocenters. The molecule has 0 aromatic heterocycles. The molecule has 1 aromatic rings. The predicted molar refractivity (Wildman–Crippen MR) is 88.9 cm³/mol. The van der Waals surface area contributed by atoms with E-state index in [-0.39, 0.29) is 0 Å². The topological polar surface area (TPSA) is 53.7 Å². The molecule has 0 bridgehead atoms. The average Bonchev–Trinajstić information content (AvgIpc) is 2.45. The van der Waals surface area contributed by atoms with Gasteiger partial charge in [-0.1, -0.05) is 38.2 Å². The Morgan fingerprint density at radius 3 is 2.52 bits per heavy atom. The first-order valence-electron chi connectivity index (χ1n) is 7.28. The van der Waals surface area contributed by atoms with Gasteiger partial charge in [0.1, 0.15) is 10.7 Å². The first kappa shape index (κ1) is 17.9. The highest BCUT2D eigenvalue weighted by Gasteiger charge is 2.04. The number of hydrogen-bond donors (Lipinski definition) is 1. The SMILES string of the molecule is CC(C)COCCOCCCOc1ccccc1C(N)=S. The minimum absolute atomic E-state index is 0.351. The highest BCUT2D eigenvalue weighted by atomic mass is 32.1. The van der Waals surface area contributed by atoms with Gasteiger partial charge in [-0.05, 0) is 18.1 Å². The summed E-state index contributed by atoms with van der Waals surface area (Å²) in [5.41, 5.74) is 6.42. The van der Waals surface area contributed by atoms with Gasteiger partial charge in [-0.2, -0.15) is 0 Å². The van der Waals surface area contributed by atoms with Gasteiger partial charge < -0.3 is 19.9 Å². The van der Waals surface area contributed by atoms with Gasteiger partial charge >= 0.3 is 0 Å². The molecule has 2 N–H and O–H groups in total. The molecular formula is C16H25NO3S. The van der Waals surface area contributed by atoms with E-state index < -0.39 is 0 Å². The molecule has 0 aliphatic rings. The fourth-order valence-corrected chi connectivity index (χ4v) is 1.85. The maximum Gasteiger partial charge on any atom is 0.129 e. The van der Waals surface area contributed by atoms with Crippen LogP contribution in [0.5, 0.6) is 5.75 Å². The van der Waals surface area contributed by atoms with Gasteiger partial charge in [0.05, 0.1) is 25.4 Å². The van der Waals surface area contributed by atoms with Crippen LogP contribution >= 0.6 is 12.2 Å². The van der Waals surface area contributed by atoms with Crippen molar-refractivity contribution in [2.45, 2.75) is 20.3 Å². The molecule has 118 valence electrons. The normalized spacial score (nSPS) is 10.8. The molecule has 0 saturated carbocycles. The summed E-state index contributed by atoms with van der Waals surface area (Å²) in [6.07, 6.45) is 0.815. The monoisotopic (exact) mass is 311 g/mol. The summed E-state index contributed by atoms with van der Waals surface area (Å²) < 4.78 is 16.6. The van der Waals surface area contributed by atoms with Crippen molar-refractivity contribution in [3.8, 4) is 5.75 Å². The van der Waals surface area contributed by atoms with Gasteiger partial charge in [-0.25, -0.2) is 0 Å². The zero-order valence-corrected chi connectivity index (χ0v) is 13.7. The van der Waals surface area contributed by atoms with E-state index in [4.69, 9.17) is 32.2 Å². The van der Waals surface area contributed by atoms with Crippen LogP contribution in [0.25, 0.3) is 0 Å². The van der Waals surface area contributed by atoms with Crippen molar-refractivity contribution in [1.29, 1.82) is 0 Å². The summed E-state index contributed by atoms with van der Waals surface area (Å²) in [5, 5.41) is 0. The van der Waals surface area contributed by atoms with Gasteiger partial charge in [-0.15, -0.1) is 0 Å². The van der Waals surface area contributed by atoms with Gasteiger partial charge in [0.15, 0.2) is 0 Å². The Morgan fingerprint density at radius 1 is 1.10 bits per heavy atom. The average molecular weight is 311 g/mol. The second kappa shape index (κ2) is 10.5. The third-order valence-electron chi connectivity index (χ3n) is 2.67. The third kappa shape index (κ3) is 7.99. The van der Waals surface area contributed by atoms with Gasteiger partial charge in [0.25, 0.3) is 0 Å². The van der Waals surface area contributed by atoms with Crippen LogP contribution in [0.4, 0.5) is 0 Å². The van der Waals surface area contributed by atoms with Crippen molar-refractivity contribution in [3.05, 3.63) is 29.8 Å². The maximum absolute atomic E-state index is 5.68. The van der Waals surface area contributed by atoms with Crippen LogP contribution in [0.3, 0.4) is 0 Å². The van der Waals surface area contributed by atoms with E-state index >= 15 is 0 Å². The Bertz CT molecular complexity index is 424. The Labute approximate surface area is 132 Å². The van der Waals surface area contributed by atoms with Crippen LogP contribution < -0.4 is 10.5 Å². The quantitative estimate of drug-likeness (QED) is 0.503. The fourth-order valence-electron chi connectivity index (χ4n) is 1.68. The molecule has 0 amide bonds. The smallest absolute Gasteiger partial charge is 0.129 e. The fraction of sp³-hybridized carbons (Fsp3) is 0.562. The van der Waals surface area contributed by atoms with Crippen molar-refractivity contribution < 1.29 is 14.2 Å². The van der Waals surface area contributed by atoms with Gasteiger partial charge in [-0.3, -0.25) is 0 Å². The second-order valence-corrected chi connectivity index (χ2v) is 5.58. The molecule has 1 aromatic carbocycles. The Morgan fingerprint density at radius 2 is 1.81 bits per heavy atom. The minimum Gasteiger partial charge on any atom is -0.493 e. The maximum atomic E-state index is 5.68. The molecule has 0 atom stereocenters. The van der Waals surface area contributed by atoms with E-state index in [9.17, 15) is 0 Å². The van der Waals surface area contributed by atoms with Crippen molar-refractivity contribution in [2.24, 2.45) is 11.7 Å². The summed E-state index contributed by atoms with van der Waals surface area (Å²) in [6.45, 7) is 7.53. The van der Waals surface area contributed by atoms with Crippen LogP contribution in [-0.4, -0.2) is 38.0 Å². The minimum atomic E-state index is 0.351. The first-order chi connectivity index (χ1) is 10.1. The Kier molecular flexibility index (Phi) is 8.98. The number of nitrogens with two attached hydrogens (primary N) is 1. The molecule has 0 fully saturated rings. The predicted octanol–water partition coefficient (Wildman–Crippen LogP) is 2.78. The summed E-state index contributed by atoms with van der Waals surface area (Å²) >= 11 is 4.99. The van der Waals surface area contributed by atoms with Crippen LogP contribution in [0.1, 0.15) is 25.8 Å². The highest BCUT2D eigenvalue weighted by Crippen LogP contribution is 2.17. The number of thiocarbonyl (C=S) groups is 1. The molecular weight excluding hydrogens is 286 g/mol. The number of ether oxygens (including phenoxy) is 3. The molecule has 0 aliphatic heterocycles. The second-order valence-electron chi connectivity index (χ2n) is 5.14. The summed E-state index contributed by atoms with van der Waals surface area (Å²) in [4.78, 5) is 0.351. The number of para-hydroxylation sites is 1. The van der Waals surface area contributed by atoms with Crippen LogP contribution in [0.2, 0.25) is 0 Å². The summed E-state index contributed by atoms with van der Waals surface area (Å²) in [5.74, 6) is 1.29. The number of hydrogen-bond acceptors (Lipinski definition) is 4. The molecule has 0 spiro atoms. The van der Waals surface area contributed by atoms with E-state index in [1.54, 1.807) is 0 Å². The number of benzene rings is 1. The molecule has 0 aliphatic carbocycles. The Balaban J connectivity index is 2.08. The van der Waals surface area contributed by atoms with E-state index in [0.29, 0.717) is 37.3 Å². The van der Waals surface area contributed by atoms with Crippen LogP contribution in [0, 0.1) is 5.92 Å². The van der Waals surface area contributed by atoms with Crippen molar-refractivity contribution in [1.82, 2.24) is 0 Å². The third-order valence-corrected chi connectivity index (χ3v) is 2.89. The summed E-state index contributed by atoms with van der Waals surface area (Å²) in [7, 11) is 0. The lowest BCUT2D eigenvalue weighted by molar-refractivity contribution is 0.0343.